The van der Waals surface area contributed by atoms with Crippen LogP contribution in [-0.4, -0.2) is 18.5 Å². The van der Waals surface area contributed by atoms with Gasteiger partial charge in [0.1, 0.15) is 11.4 Å². The van der Waals surface area contributed by atoms with Crippen LogP contribution in [0.1, 0.15) is 53.9 Å². The van der Waals surface area contributed by atoms with Gasteiger partial charge in [-0.2, -0.15) is 5.26 Å². The minimum Gasteiger partial charge on any atom is -0.462 e. The van der Waals surface area contributed by atoms with E-state index in [9.17, 15) is 9.59 Å². The summed E-state index contributed by atoms with van der Waals surface area (Å²) in [5.41, 5.74) is 1.50. The van der Waals surface area contributed by atoms with Gasteiger partial charge in [-0.25, -0.2) is 4.79 Å². The van der Waals surface area contributed by atoms with Gasteiger partial charge in [0, 0.05) is 4.88 Å². The first-order valence-electron chi connectivity index (χ1n) is 7.59. The second kappa shape index (κ2) is 7.41. The maximum absolute atomic E-state index is 12.3. The molecule has 0 bridgehead atoms. The van der Waals surface area contributed by atoms with E-state index in [1.165, 1.54) is 11.3 Å². The summed E-state index contributed by atoms with van der Waals surface area (Å²) in [6.07, 6.45) is 3.73. The number of hydrogen-bond donors (Lipinski definition) is 1. The smallest absolute Gasteiger partial charge is 0.341 e. The van der Waals surface area contributed by atoms with Crippen LogP contribution >= 0.6 is 11.3 Å². The molecule has 0 aliphatic heterocycles. The van der Waals surface area contributed by atoms with Gasteiger partial charge in [-0.15, -0.1) is 11.3 Å². The van der Waals surface area contributed by atoms with Crippen LogP contribution in [0.25, 0.3) is 0 Å². The Morgan fingerprint density at radius 1 is 1.45 bits per heavy atom. The summed E-state index contributed by atoms with van der Waals surface area (Å²) < 4.78 is 5.14. The van der Waals surface area contributed by atoms with Gasteiger partial charge in [0.15, 0.2) is 0 Å². The molecule has 1 aliphatic carbocycles. The van der Waals surface area contributed by atoms with E-state index < -0.39 is 5.91 Å². The molecule has 118 valence electrons. The van der Waals surface area contributed by atoms with Crippen molar-refractivity contribution in [2.24, 2.45) is 5.92 Å². The molecule has 1 amide bonds. The Labute approximate surface area is 134 Å². The lowest BCUT2D eigenvalue weighted by Gasteiger charge is -2.20. The number of rotatable bonds is 5. The molecule has 1 atom stereocenters. The van der Waals surface area contributed by atoms with Crippen molar-refractivity contribution in [2.75, 3.05) is 11.9 Å². The molecular weight excluding hydrogens is 300 g/mol. The first-order chi connectivity index (χ1) is 10.6. The Hall–Kier alpha value is -1.87. The van der Waals surface area contributed by atoms with Crippen LogP contribution in [0.4, 0.5) is 5.00 Å². The second-order valence-corrected chi connectivity index (χ2v) is 6.43. The minimum absolute atomic E-state index is 0.220. The van der Waals surface area contributed by atoms with Crippen molar-refractivity contribution in [1.29, 1.82) is 5.26 Å². The Kier molecular flexibility index (Phi) is 5.56. The summed E-state index contributed by atoms with van der Waals surface area (Å²) in [4.78, 5) is 25.1. The molecule has 0 radical (unpaired) electrons. The summed E-state index contributed by atoms with van der Waals surface area (Å²) in [7, 11) is 0. The Morgan fingerprint density at radius 3 is 2.86 bits per heavy atom. The third-order valence-corrected chi connectivity index (χ3v) is 5.09. The molecule has 1 aromatic heterocycles. The molecule has 22 heavy (non-hydrogen) atoms. The largest absolute Gasteiger partial charge is 0.462 e. The number of esters is 1. The minimum atomic E-state index is -0.390. The molecule has 0 fully saturated rings. The molecule has 0 spiro atoms. The number of nitrogens with zero attached hydrogens (tertiary/aromatic N) is 1. The number of nitrogens with one attached hydrogen (secondary N) is 1. The molecule has 0 saturated heterocycles. The first-order valence-corrected chi connectivity index (χ1v) is 8.40. The third-order valence-electron chi connectivity index (χ3n) is 3.92. The van der Waals surface area contributed by atoms with E-state index in [1.807, 2.05) is 6.07 Å². The van der Waals surface area contributed by atoms with Gasteiger partial charge in [-0.05, 0) is 37.7 Å². The second-order valence-electron chi connectivity index (χ2n) is 5.33. The van der Waals surface area contributed by atoms with Crippen LogP contribution in [0.15, 0.2) is 0 Å². The maximum Gasteiger partial charge on any atom is 0.341 e. The zero-order valence-electron chi connectivity index (χ0n) is 12.9. The molecule has 1 N–H and O–H groups in total. The summed E-state index contributed by atoms with van der Waals surface area (Å²) in [6, 6.07) is 1.82. The van der Waals surface area contributed by atoms with Crippen molar-refractivity contribution in [3.05, 3.63) is 16.0 Å². The highest BCUT2D eigenvalue weighted by Crippen LogP contribution is 2.40. The lowest BCUT2D eigenvalue weighted by Crippen LogP contribution is -2.16. The number of carbonyl (C=O) groups is 2. The third kappa shape index (κ3) is 3.47. The fourth-order valence-corrected chi connectivity index (χ4v) is 4.12. The van der Waals surface area contributed by atoms with E-state index in [1.54, 1.807) is 6.92 Å². The molecule has 1 unspecified atom stereocenters. The van der Waals surface area contributed by atoms with Gasteiger partial charge in [0.05, 0.1) is 18.2 Å². The first kappa shape index (κ1) is 16.5. The zero-order chi connectivity index (χ0) is 16.1. The van der Waals surface area contributed by atoms with E-state index in [2.05, 4.69) is 12.2 Å². The van der Waals surface area contributed by atoms with E-state index in [4.69, 9.17) is 10.00 Å². The molecule has 0 aromatic carbocycles. The summed E-state index contributed by atoms with van der Waals surface area (Å²) in [5, 5.41) is 11.8. The van der Waals surface area contributed by atoms with Crippen molar-refractivity contribution in [3.8, 4) is 6.07 Å². The van der Waals surface area contributed by atoms with Crippen LogP contribution in [0.2, 0.25) is 0 Å². The van der Waals surface area contributed by atoms with E-state index in [0.717, 1.165) is 36.1 Å². The Morgan fingerprint density at radius 2 is 2.23 bits per heavy atom. The summed E-state index contributed by atoms with van der Waals surface area (Å²) in [5.74, 6) is -0.148. The number of carbonyl (C=O) groups excluding carboxylic acids is 2. The molecule has 2 rings (SSSR count). The van der Waals surface area contributed by atoms with Crippen molar-refractivity contribution >= 4 is 28.2 Å². The van der Waals surface area contributed by atoms with Crippen molar-refractivity contribution < 1.29 is 14.3 Å². The number of amides is 1. The van der Waals surface area contributed by atoms with Crippen LogP contribution < -0.4 is 5.32 Å². The van der Waals surface area contributed by atoms with Crippen molar-refractivity contribution in [2.45, 2.75) is 46.0 Å². The fourth-order valence-electron chi connectivity index (χ4n) is 2.75. The number of thiophene rings is 1. The number of ether oxygens (including phenoxy) is 1. The highest BCUT2D eigenvalue weighted by Gasteiger charge is 2.29. The van der Waals surface area contributed by atoms with E-state index in [-0.39, 0.29) is 12.4 Å². The molecular formula is C16H20N2O3S. The van der Waals surface area contributed by atoms with Crippen LogP contribution in [0.3, 0.4) is 0 Å². The lowest BCUT2D eigenvalue weighted by molar-refractivity contribution is -0.115. The quantitative estimate of drug-likeness (QED) is 0.844. The monoisotopic (exact) mass is 320 g/mol. The Balaban J connectivity index is 2.35. The molecule has 1 heterocycles. The van der Waals surface area contributed by atoms with Crippen molar-refractivity contribution in [1.82, 2.24) is 0 Å². The topological polar surface area (TPSA) is 79.2 Å². The van der Waals surface area contributed by atoms with Gasteiger partial charge in [-0.3, -0.25) is 4.79 Å². The molecule has 1 aliphatic rings. The number of anilines is 1. The fraction of sp³-hybridized carbons (Fsp3) is 0.562. The van der Waals surface area contributed by atoms with Gasteiger partial charge in [-0.1, -0.05) is 13.3 Å². The van der Waals surface area contributed by atoms with Gasteiger partial charge < -0.3 is 10.1 Å². The normalized spacial score (nSPS) is 16.5. The lowest BCUT2D eigenvalue weighted by atomic mass is 9.85. The molecule has 1 aromatic rings. The van der Waals surface area contributed by atoms with Gasteiger partial charge in [0.2, 0.25) is 5.91 Å². The van der Waals surface area contributed by atoms with Crippen LogP contribution in [0.5, 0.6) is 0 Å². The SMILES string of the molecule is CCOC(=O)c1c(NC(=O)CC#N)sc2c1CCC(CC)C2. The highest BCUT2D eigenvalue weighted by atomic mass is 32.1. The average Bonchev–Trinajstić information content (AvgIpc) is 2.84. The van der Waals surface area contributed by atoms with Crippen LogP contribution in [0, 0.1) is 17.2 Å². The summed E-state index contributed by atoms with van der Waals surface area (Å²) >= 11 is 1.45. The van der Waals surface area contributed by atoms with Gasteiger partial charge >= 0.3 is 5.97 Å². The highest BCUT2D eigenvalue weighted by molar-refractivity contribution is 7.17. The maximum atomic E-state index is 12.3. The number of fused-ring (bicyclic) bond motifs is 1. The number of nitriles is 1. The molecule has 0 saturated carbocycles. The van der Waals surface area contributed by atoms with Crippen LogP contribution in [-0.2, 0) is 22.4 Å². The molecule has 6 heteroatoms. The zero-order valence-corrected chi connectivity index (χ0v) is 13.7. The standard InChI is InChI=1S/C16H20N2O3S/c1-3-10-5-6-11-12(9-10)22-15(18-13(19)7-8-17)14(11)16(20)21-4-2/h10H,3-7,9H2,1-2H3,(H,18,19). The average molecular weight is 320 g/mol. The predicted molar refractivity (Wildman–Crippen MR) is 84.9 cm³/mol. The van der Waals surface area contributed by atoms with E-state index in [0.29, 0.717) is 23.1 Å². The number of hydrogen-bond acceptors (Lipinski definition) is 5. The molecule has 5 nitrogen and oxygen atoms in total. The Bertz CT molecular complexity index is 616. The summed E-state index contributed by atoms with van der Waals surface area (Å²) in [6.45, 7) is 4.23. The van der Waals surface area contributed by atoms with E-state index >= 15 is 0 Å². The van der Waals surface area contributed by atoms with Gasteiger partial charge in [0.25, 0.3) is 0 Å². The predicted octanol–water partition coefficient (Wildman–Crippen LogP) is 3.29. The van der Waals surface area contributed by atoms with Crippen molar-refractivity contribution in [3.63, 3.8) is 0 Å².